The van der Waals surface area contributed by atoms with Gasteiger partial charge in [-0.05, 0) is 37.1 Å². The van der Waals surface area contributed by atoms with E-state index >= 15 is 0 Å². The Balaban J connectivity index is 1.20. The molecule has 1 N–H and O–H groups in total. The SMILES string of the molecule is O=C1c2ccccc2OCN1CCN1CCC2(CC1)C(=O)NCN2c1ccccc1. The van der Waals surface area contributed by atoms with Crippen molar-refractivity contribution >= 4 is 17.5 Å². The van der Waals surface area contributed by atoms with Gasteiger partial charge in [0.15, 0.2) is 6.73 Å². The third-order valence-corrected chi connectivity index (χ3v) is 6.55. The van der Waals surface area contributed by atoms with Gasteiger partial charge in [0.25, 0.3) is 5.91 Å². The summed E-state index contributed by atoms with van der Waals surface area (Å²) in [5.74, 6) is 0.810. The van der Waals surface area contributed by atoms with Gasteiger partial charge in [0, 0.05) is 31.9 Å². The Labute approximate surface area is 176 Å². The molecule has 0 aromatic heterocycles. The van der Waals surface area contributed by atoms with Gasteiger partial charge in [0.05, 0.1) is 12.2 Å². The lowest BCUT2D eigenvalue weighted by Crippen LogP contribution is -2.57. The molecule has 1 spiro atoms. The second-order valence-corrected chi connectivity index (χ2v) is 8.14. The summed E-state index contributed by atoms with van der Waals surface area (Å²) in [5, 5.41) is 3.04. The summed E-state index contributed by atoms with van der Waals surface area (Å²) in [6.07, 6.45) is 1.56. The molecule has 2 aromatic rings. The molecule has 0 saturated carbocycles. The number of likely N-dealkylation sites (tertiary alicyclic amines) is 1. The number of hydrogen-bond donors (Lipinski definition) is 1. The molecule has 3 aliphatic rings. The van der Waals surface area contributed by atoms with E-state index in [0.717, 1.165) is 38.2 Å². The predicted molar refractivity (Wildman–Crippen MR) is 113 cm³/mol. The van der Waals surface area contributed by atoms with Gasteiger partial charge in [-0.2, -0.15) is 0 Å². The standard InChI is InChI=1S/C23H26N4O3/c28-21-19-8-4-5-9-20(19)30-17-26(21)15-14-25-12-10-23(11-13-25)22(29)24-16-27(23)18-6-2-1-3-7-18/h1-9H,10-17H2,(H,24,29). The third kappa shape index (κ3) is 3.19. The molecule has 0 bridgehead atoms. The number of nitrogens with one attached hydrogen (secondary N) is 1. The van der Waals surface area contributed by atoms with Crippen LogP contribution in [0.1, 0.15) is 23.2 Å². The molecule has 2 aromatic carbocycles. The summed E-state index contributed by atoms with van der Waals surface area (Å²) in [6, 6.07) is 17.5. The molecule has 156 valence electrons. The molecule has 7 nitrogen and oxygen atoms in total. The van der Waals surface area contributed by atoms with E-state index in [0.29, 0.717) is 24.5 Å². The van der Waals surface area contributed by atoms with Crippen LogP contribution in [0, 0.1) is 0 Å². The second-order valence-electron chi connectivity index (χ2n) is 8.14. The summed E-state index contributed by atoms with van der Waals surface area (Å²) >= 11 is 0. The molecule has 0 radical (unpaired) electrons. The molecule has 2 saturated heterocycles. The van der Waals surface area contributed by atoms with E-state index in [1.54, 1.807) is 4.90 Å². The number of benzene rings is 2. The van der Waals surface area contributed by atoms with Crippen molar-refractivity contribution in [3.05, 3.63) is 60.2 Å². The smallest absolute Gasteiger partial charge is 0.260 e. The lowest BCUT2D eigenvalue weighted by atomic mass is 9.85. The molecule has 2 fully saturated rings. The molecule has 0 unspecified atom stereocenters. The highest BCUT2D eigenvalue weighted by molar-refractivity contribution is 5.97. The van der Waals surface area contributed by atoms with Crippen molar-refractivity contribution in [2.45, 2.75) is 18.4 Å². The molecule has 2 amide bonds. The van der Waals surface area contributed by atoms with Gasteiger partial charge in [-0.15, -0.1) is 0 Å². The first-order chi connectivity index (χ1) is 14.7. The fourth-order valence-corrected chi connectivity index (χ4v) is 4.75. The molecule has 0 atom stereocenters. The number of nitrogens with zero attached hydrogens (tertiary/aromatic N) is 3. The maximum atomic E-state index is 12.8. The van der Waals surface area contributed by atoms with E-state index in [2.05, 4.69) is 27.2 Å². The van der Waals surface area contributed by atoms with Crippen LogP contribution in [0.3, 0.4) is 0 Å². The van der Waals surface area contributed by atoms with Crippen LogP contribution in [0.25, 0.3) is 0 Å². The summed E-state index contributed by atoms with van der Waals surface area (Å²) in [7, 11) is 0. The quantitative estimate of drug-likeness (QED) is 0.840. The number of carbonyl (C=O) groups excluding carboxylic acids is 2. The molecule has 3 heterocycles. The van der Waals surface area contributed by atoms with Crippen LogP contribution < -0.4 is 15.0 Å². The van der Waals surface area contributed by atoms with Crippen LogP contribution in [-0.2, 0) is 4.79 Å². The summed E-state index contributed by atoms with van der Waals surface area (Å²) in [5.41, 5.74) is 1.24. The largest absolute Gasteiger partial charge is 0.472 e. The molecule has 30 heavy (non-hydrogen) atoms. The van der Waals surface area contributed by atoms with Crippen LogP contribution in [-0.4, -0.2) is 66.7 Å². The lowest BCUT2D eigenvalue weighted by Gasteiger charge is -2.43. The molecular formula is C23H26N4O3. The average Bonchev–Trinajstić information content (AvgIpc) is 3.11. The molecular weight excluding hydrogens is 380 g/mol. The van der Waals surface area contributed by atoms with Gasteiger partial charge < -0.3 is 24.8 Å². The van der Waals surface area contributed by atoms with E-state index in [9.17, 15) is 9.59 Å². The number of piperidine rings is 1. The van der Waals surface area contributed by atoms with Crippen LogP contribution in [0.4, 0.5) is 5.69 Å². The van der Waals surface area contributed by atoms with Crippen LogP contribution >= 0.6 is 0 Å². The van der Waals surface area contributed by atoms with E-state index in [4.69, 9.17) is 4.74 Å². The number of carbonyl (C=O) groups is 2. The highest BCUT2D eigenvalue weighted by Gasteiger charge is 2.50. The van der Waals surface area contributed by atoms with Gasteiger partial charge in [-0.25, -0.2) is 0 Å². The van der Waals surface area contributed by atoms with Crippen LogP contribution in [0.2, 0.25) is 0 Å². The predicted octanol–water partition coefficient (Wildman–Crippen LogP) is 1.91. The number of hydrogen-bond acceptors (Lipinski definition) is 5. The minimum Gasteiger partial charge on any atom is -0.472 e. The number of fused-ring (bicyclic) bond motifs is 1. The lowest BCUT2D eigenvalue weighted by molar-refractivity contribution is -0.125. The first-order valence-corrected chi connectivity index (χ1v) is 10.5. The van der Waals surface area contributed by atoms with E-state index in [1.165, 1.54) is 0 Å². The van der Waals surface area contributed by atoms with Gasteiger partial charge in [-0.3, -0.25) is 9.59 Å². The Kier molecular flexibility index (Phi) is 4.83. The summed E-state index contributed by atoms with van der Waals surface area (Å²) in [4.78, 5) is 31.8. The van der Waals surface area contributed by atoms with Crippen molar-refractivity contribution in [1.29, 1.82) is 0 Å². The Morgan fingerprint density at radius 3 is 2.47 bits per heavy atom. The highest BCUT2D eigenvalue weighted by atomic mass is 16.5. The number of anilines is 1. The average molecular weight is 406 g/mol. The summed E-state index contributed by atoms with van der Waals surface area (Å²) in [6.45, 7) is 3.90. The molecule has 3 aliphatic heterocycles. The first-order valence-electron chi connectivity index (χ1n) is 10.5. The van der Waals surface area contributed by atoms with Crippen molar-refractivity contribution in [2.24, 2.45) is 0 Å². The van der Waals surface area contributed by atoms with Crippen molar-refractivity contribution in [2.75, 3.05) is 44.5 Å². The van der Waals surface area contributed by atoms with Crippen molar-refractivity contribution in [3.63, 3.8) is 0 Å². The number of para-hydroxylation sites is 2. The maximum absolute atomic E-state index is 12.8. The Bertz CT molecular complexity index is 940. The van der Waals surface area contributed by atoms with Gasteiger partial charge in [-0.1, -0.05) is 30.3 Å². The van der Waals surface area contributed by atoms with Gasteiger partial charge >= 0.3 is 0 Å². The van der Waals surface area contributed by atoms with E-state index < -0.39 is 5.54 Å². The normalized spacial score (nSPS) is 20.8. The molecule has 0 aliphatic carbocycles. The second kappa shape index (κ2) is 7.65. The zero-order valence-corrected chi connectivity index (χ0v) is 16.9. The number of rotatable bonds is 4. The minimum absolute atomic E-state index is 0.0238. The highest BCUT2D eigenvalue weighted by Crippen LogP contribution is 2.36. The fraction of sp³-hybridized carbons (Fsp3) is 0.391. The van der Waals surface area contributed by atoms with Crippen molar-refractivity contribution in [1.82, 2.24) is 15.1 Å². The van der Waals surface area contributed by atoms with Crippen LogP contribution in [0.5, 0.6) is 5.75 Å². The number of ether oxygens (including phenoxy) is 1. The summed E-state index contributed by atoms with van der Waals surface area (Å²) < 4.78 is 5.73. The van der Waals surface area contributed by atoms with Gasteiger partial charge in [0.1, 0.15) is 11.3 Å². The minimum atomic E-state index is -0.471. The van der Waals surface area contributed by atoms with Crippen LogP contribution in [0.15, 0.2) is 54.6 Å². The monoisotopic (exact) mass is 406 g/mol. The van der Waals surface area contributed by atoms with Crippen molar-refractivity contribution < 1.29 is 14.3 Å². The topological polar surface area (TPSA) is 65.1 Å². The Morgan fingerprint density at radius 1 is 0.933 bits per heavy atom. The van der Waals surface area contributed by atoms with E-state index in [-0.39, 0.29) is 18.5 Å². The Morgan fingerprint density at radius 2 is 1.67 bits per heavy atom. The Hall–Kier alpha value is -3.06. The third-order valence-electron chi connectivity index (χ3n) is 6.55. The zero-order chi connectivity index (χ0) is 20.6. The van der Waals surface area contributed by atoms with Crippen molar-refractivity contribution in [3.8, 4) is 5.75 Å². The molecule has 7 heteroatoms. The van der Waals surface area contributed by atoms with E-state index in [1.807, 2.05) is 42.5 Å². The maximum Gasteiger partial charge on any atom is 0.260 e. The fourth-order valence-electron chi connectivity index (χ4n) is 4.75. The number of amides is 2. The zero-order valence-electron chi connectivity index (χ0n) is 16.9. The van der Waals surface area contributed by atoms with Gasteiger partial charge in [0.2, 0.25) is 5.91 Å². The molecule has 5 rings (SSSR count). The first kappa shape index (κ1) is 18.9.